The van der Waals surface area contributed by atoms with Crippen molar-refractivity contribution in [3.8, 4) is 0 Å². The number of benzene rings is 1. The van der Waals surface area contributed by atoms with Crippen LogP contribution in [0.2, 0.25) is 0 Å². The molecule has 0 unspecified atom stereocenters. The summed E-state index contributed by atoms with van der Waals surface area (Å²) >= 11 is 5.82. The van der Waals surface area contributed by atoms with Crippen molar-refractivity contribution in [1.29, 1.82) is 0 Å². The number of alkyl halides is 3. The van der Waals surface area contributed by atoms with E-state index in [1.54, 1.807) is 0 Å². The lowest BCUT2D eigenvalue weighted by atomic mass is 9.87. The van der Waals surface area contributed by atoms with Crippen molar-refractivity contribution < 1.29 is 18.0 Å². The Morgan fingerprint density at radius 3 is 2.22 bits per heavy atom. The van der Waals surface area contributed by atoms with Gasteiger partial charge in [-0.15, -0.1) is 0 Å². The number of rotatable bonds is 1. The number of halogens is 4. The molecule has 5 heteroatoms. The van der Waals surface area contributed by atoms with E-state index in [1.807, 2.05) is 0 Å². The third-order valence-corrected chi connectivity index (χ3v) is 3.18. The molecule has 0 N–H and O–H groups in total. The van der Waals surface area contributed by atoms with E-state index in [4.69, 9.17) is 11.6 Å². The summed E-state index contributed by atoms with van der Waals surface area (Å²) in [5, 5.41) is 0.455. The summed E-state index contributed by atoms with van der Waals surface area (Å²) in [6.45, 7) is 0. The van der Waals surface area contributed by atoms with Gasteiger partial charge in [0.25, 0.3) is 0 Å². The van der Waals surface area contributed by atoms with Crippen LogP contribution in [-0.2, 0) is 11.0 Å². The third kappa shape index (κ3) is 2.93. The molecule has 1 aromatic rings. The van der Waals surface area contributed by atoms with Crippen LogP contribution in [0, 0.1) is 0 Å². The number of ketones is 1. The quantitative estimate of drug-likeness (QED) is 0.747. The van der Waals surface area contributed by atoms with Crippen LogP contribution in [0.15, 0.2) is 35.4 Å². The zero-order chi connectivity index (χ0) is 13.3. The minimum absolute atomic E-state index is 0.0869. The Kier molecular flexibility index (Phi) is 3.48. The summed E-state index contributed by atoms with van der Waals surface area (Å²) in [7, 11) is 0. The van der Waals surface area contributed by atoms with E-state index >= 15 is 0 Å². The second kappa shape index (κ2) is 4.76. The van der Waals surface area contributed by atoms with Crippen molar-refractivity contribution in [3.63, 3.8) is 0 Å². The van der Waals surface area contributed by atoms with E-state index in [9.17, 15) is 18.0 Å². The summed E-state index contributed by atoms with van der Waals surface area (Å²) in [5.41, 5.74) is 0.0256. The molecule has 0 saturated carbocycles. The molecule has 1 atom stereocenters. The highest BCUT2D eigenvalue weighted by atomic mass is 35.5. The molecule has 1 aliphatic carbocycles. The molecule has 0 aromatic heterocycles. The number of hydrogen-bond acceptors (Lipinski definition) is 1. The number of carbonyl (C=O) groups excluding carboxylic acids is 1. The first-order chi connectivity index (χ1) is 8.36. The predicted octanol–water partition coefficient (Wildman–Crippen LogP) is 4.27. The second-order valence-electron chi connectivity index (χ2n) is 4.28. The minimum Gasteiger partial charge on any atom is -0.295 e. The molecule has 0 heterocycles. The molecule has 0 amide bonds. The zero-order valence-electron chi connectivity index (χ0n) is 9.30. The van der Waals surface area contributed by atoms with Crippen LogP contribution in [0.1, 0.15) is 29.9 Å². The van der Waals surface area contributed by atoms with Gasteiger partial charge < -0.3 is 0 Å². The Morgan fingerprint density at radius 2 is 1.72 bits per heavy atom. The molecule has 96 valence electrons. The van der Waals surface area contributed by atoms with Gasteiger partial charge in [0, 0.05) is 11.5 Å². The first-order valence-electron chi connectivity index (χ1n) is 5.42. The highest BCUT2D eigenvalue weighted by Gasteiger charge is 2.30. The summed E-state index contributed by atoms with van der Waals surface area (Å²) in [6.07, 6.45) is -2.17. The van der Waals surface area contributed by atoms with Crippen LogP contribution in [-0.4, -0.2) is 5.78 Å². The lowest BCUT2D eigenvalue weighted by molar-refractivity contribution is -0.137. The number of allylic oxidation sites excluding steroid dienone is 2. The molecule has 0 spiro atoms. The van der Waals surface area contributed by atoms with E-state index in [1.165, 1.54) is 18.2 Å². The largest absolute Gasteiger partial charge is 0.416 e. The van der Waals surface area contributed by atoms with E-state index in [-0.39, 0.29) is 11.7 Å². The Labute approximate surface area is 107 Å². The predicted molar refractivity (Wildman–Crippen MR) is 62.4 cm³/mol. The van der Waals surface area contributed by atoms with Gasteiger partial charge in [0.1, 0.15) is 0 Å². The number of hydrogen-bond donors (Lipinski definition) is 0. The lowest BCUT2D eigenvalue weighted by Gasteiger charge is -2.20. The molecule has 1 aliphatic rings. The van der Waals surface area contributed by atoms with Gasteiger partial charge in [-0.05, 0) is 36.1 Å². The van der Waals surface area contributed by atoms with Crippen molar-refractivity contribution in [3.05, 3.63) is 46.5 Å². The highest BCUT2D eigenvalue weighted by Crippen LogP contribution is 2.35. The maximum Gasteiger partial charge on any atom is 0.416 e. The van der Waals surface area contributed by atoms with Crippen LogP contribution < -0.4 is 0 Å². The fourth-order valence-corrected chi connectivity index (χ4v) is 2.33. The smallest absolute Gasteiger partial charge is 0.295 e. The van der Waals surface area contributed by atoms with Gasteiger partial charge in [-0.2, -0.15) is 13.2 Å². The van der Waals surface area contributed by atoms with E-state index in [0.717, 1.165) is 12.1 Å². The maximum atomic E-state index is 12.4. The van der Waals surface area contributed by atoms with Gasteiger partial charge in [-0.3, -0.25) is 4.79 Å². The van der Waals surface area contributed by atoms with Crippen LogP contribution in [0.25, 0.3) is 0 Å². The van der Waals surface area contributed by atoms with Crippen molar-refractivity contribution in [2.45, 2.75) is 24.9 Å². The standard InChI is InChI=1S/C13H10ClF3O/c14-11-5-9(6-12(18)7-11)8-1-3-10(4-2-8)13(15,16)17/h1-4,7,9H,5-6H2/t9-/m0/s1. The lowest BCUT2D eigenvalue weighted by Crippen LogP contribution is -2.11. The van der Waals surface area contributed by atoms with E-state index < -0.39 is 11.7 Å². The monoisotopic (exact) mass is 274 g/mol. The van der Waals surface area contributed by atoms with Crippen molar-refractivity contribution in [2.75, 3.05) is 0 Å². The summed E-state index contributed by atoms with van der Waals surface area (Å²) in [6, 6.07) is 4.89. The first kappa shape index (κ1) is 13.1. The van der Waals surface area contributed by atoms with E-state index in [0.29, 0.717) is 23.4 Å². The van der Waals surface area contributed by atoms with Gasteiger partial charge in [-0.25, -0.2) is 0 Å². The van der Waals surface area contributed by atoms with Crippen molar-refractivity contribution in [1.82, 2.24) is 0 Å². The van der Waals surface area contributed by atoms with Gasteiger partial charge in [-0.1, -0.05) is 23.7 Å². The molecule has 2 rings (SSSR count). The van der Waals surface area contributed by atoms with Crippen molar-refractivity contribution in [2.24, 2.45) is 0 Å². The van der Waals surface area contributed by atoms with Crippen LogP contribution >= 0.6 is 11.6 Å². The summed E-state index contributed by atoms with van der Waals surface area (Å²) < 4.78 is 37.2. The van der Waals surface area contributed by atoms with Crippen molar-refractivity contribution >= 4 is 17.4 Å². The molecule has 1 aromatic carbocycles. The van der Waals surface area contributed by atoms with Crippen LogP contribution in [0.4, 0.5) is 13.2 Å². The molecular weight excluding hydrogens is 265 g/mol. The average Bonchev–Trinajstić information content (AvgIpc) is 2.27. The Balaban J connectivity index is 2.21. The fraction of sp³-hybridized carbons (Fsp3) is 0.308. The van der Waals surface area contributed by atoms with Crippen LogP contribution in [0.3, 0.4) is 0 Å². The first-order valence-corrected chi connectivity index (χ1v) is 5.80. The molecule has 0 radical (unpaired) electrons. The molecule has 1 nitrogen and oxygen atoms in total. The Morgan fingerprint density at radius 1 is 1.11 bits per heavy atom. The topological polar surface area (TPSA) is 17.1 Å². The Hall–Kier alpha value is -1.29. The SMILES string of the molecule is O=C1C=C(Cl)C[C@H](c2ccc(C(F)(F)F)cc2)C1. The molecule has 0 saturated heterocycles. The molecule has 0 aliphatic heterocycles. The average molecular weight is 275 g/mol. The van der Waals surface area contributed by atoms with Gasteiger partial charge >= 0.3 is 6.18 Å². The zero-order valence-corrected chi connectivity index (χ0v) is 10.1. The Bertz CT molecular complexity index is 488. The van der Waals surface area contributed by atoms with Gasteiger partial charge in [0.05, 0.1) is 5.56 Å². The van der Waals surface area contributed by atoms with Gasteiger partial charge in [0.2, 0.25) is 0 Å². The molecule has 0 bridgehead atoms. The normalized spacial score (nSPS) is 20.8. The van der Waals surface area contributed by atoms with Crippen LogP contribution in [0.5, 0.6) is 0 Å². The highest BCUT2D eigenvalue weighted by molar-refractivity contribution is 6.31. The molecular formula is C13H10ClF3O. The second-order valence-corrected chi connectivity index (χ2v) is 4.77. The fourth-order valence-electron chi connectivity index (χ4n) is 2.02. The maximum absolute atomic E-state index is 12.4. The van der Waals surface area contributed by atoms with Gasteiger partial charge in [0.15, 0.2) is 5.78 Å². The summed E-state index contributed by atoms with van der Waals surface area (Å²) in [5.74, 6) is -0.214. The molecule has 18 heavy (non-hydrogen) atoms. The summed E-state index contributed by atoms with van der Waals surface area (Å²) in [4.78, 5) is 11.3. The number of carbonyl (C=O) groups is 1. The van der Waals surface area contributed by atoms with E-state index in [2.05, 4.69) is 0 Å². The minimum atomic E-state index is -4.33. The molecule has 0 fully saturated rings. The third-order valence-electron chi connectivity index (χ3n) is 2.92.